The van der Waals surface area contributed by atoms with Crippen molar-refractivity contribution in [1.82, 2.24) is 0 Å². The molecular formula is H8BEuO3PSr. The van der Waals surface area contributed by atoms with E-state index in [0.29, 0.717) is 0 Å². The van der Waals surface area contributed by atoms with Gasteiger partial charge < -0.3 is 15.1 Å². The van der Waals surface area contributed by atoms with Crippen molar-refractivity contribution in [2.75, 3.05) is 0 Å². The normalized spacial score (nSPS) is 3.86. The molecule has 0 fully saturated rings. The molecule has 0 aliphatic rings. The predicted molar refractivity (Wildman–Crippen MR) is 32.1 cm³/mol. The molecule has 0 aliphatic heterocycles. The third-order valence-electron chi connectivity index (χ3n) is 0. The summed E-state index contributed by atoms with van der Waals surface area (Å²) in [6.07, 6.45) is 0. The van der Waals surface area contributed by atoms with Gasteiger partial charge in [0.25, 0.3) is 0 Å². The van der Waals surface area contributed by atoms with Gasteiger partial charge in [-0.2, -0.15) is 9.90 Å². The van der Waals surface area contributed by atoms with Crippen LogP contribution in [0.5, 0.6) is 0 Å². The Bertz CT molecular complexity index is 19.7. The van der Waals surface area contributed by atoms with Gasteiger partial charge in [0.1, 0.15) is 0 Å². The van der Waals surface area contributed by atoms with E-state index in [9.17, 15) is 0 Å². The second kappa shape index (κ2) is 16.2. The zero-order valence-electron chi connectivity index (χ0n) is 3.00. The minimum absolute atomic E-state index is 0. The molecule has 0 aromatic rings. The Morgan fingerprint density at radius 1 is 1.00 bits per heavy atom. The molecule has 7 heteroatoms. The van der Waals surface area contributed by atoms with Gasteiger partial charge in [-0.15, -0.1) is 0 Å². The summed E-state index contributed by atoms with van der Waals surface area (Å²) < 4.78 is 0. The summed E-state index contributed by atoms with van der Waals surface area (Å²) in [5.74, 6) is 0. The molecule has 3 nitrogen and oxygen atoms in total. The molecule has 0 spiro atoms. The van der Waals surface area contributed by atoms with Crippen LogP contribution in [0.1, 0.15) is 0 Å². The topological polar surface area (TPSA) is 60.7 Å². The summed E-state index contributed by atoms with van der Waals surface area (Å²) in [5, 5.41) is 21.5. The molecule has 1 atom stereocenters. The first kappa shape index (κ1) is 22.4. The van der Waals surface area contributed by atoms with Gasteiger partial charge in [0.15, 0.2) is 0 Å². The van der Waals surface area contributed by atoms with Gasteiger partial charge in [-0.25, -0.2) is 0 Å². The predicted octanol–water partition coefficient (Wildman–Crippen LogP) is -2.91. The molecule has 0 saturated carbocycles. The van der Waals surface area contributed by atoms with E-state index in [4.69, 9.17) is 15.1 Å². The molecule has 43 valence electrons. The van der Waals surface area contributed by atoms with Crippen LogP contribution in [0, 0.1) is 49.4 Å². The van der Waals surface area contributed by atoms with E-state index >= 15 is 0 Å². The molecule has 1 unspecified atom stereocenters. The fraction of sp³-hybridized carbons (Fsp3) is 0. The van der Waals surface area contributed by atoms with Crippen molar-refractivity contribution >= 4 is 62.7 Å². The van der Waals surface area contributed by atoms with E-state index in [-0.39, 0.29) is 105 Å². The maximum absolute atomic E-state index is 7.17. The average Bonchev–Trinajstić information content (AvgIpc) is 0.811. The Morgan fingerprint density at radius 3 is 1.00 bits per heavy atom. The Kier molecular flexibility index (Phi) is 52.0. The van der Waals surface area contributed by atoms with Crippen LogP contribution in [-0.2, 0) is 0 Å². The Hall–Kier alpha value is 3.44. The molecule has 0 saturated heterocycles. The van der Waals surface area contributed by atoms with Crippen LogP contribution in [0.15, 0.2) is 0 Å². The van der Waals surface area contributed by atoms with Crippen LogP contribution < -0.4 is 0 Å². The molecule has 0 heterocycles. The van der Waals surface area contributed by atoms with Crippen molar-refractivity contribution in [3.8, 4) is 0 Å². The van der Waals surface area contributed by atoms with E-state index < -0.39 is 7.32 Å². The van der Waals surface area contributed by atoms with E-state index in [1.807, 2.05) is 0 Å². The van der Waals surface area contributed by atoms with E-state index in [0.717, 1.165) is 0 Å². The molecule has 0 amide bonds. The average molecular weight is 337 g/mol. The van der Waals surface area contributed by atoms with Crippen LogP contribution >= 0.6 is 9.90 Å². The summed E-state index contributed by atoms with van der Waals surface area (Å²) in [5.41, 5.74) is 0. The number of hydrogen-bond donors (Lipinski definition) is 3. The quantitative estimate of drug-likeness (QED) is 0.328. The van der Waals surface area contributed by atoms with Crippen LogP contribution in [0.4, 0.5) is 0 Å². The van der Waals surface area contributed by atoms with E-state index in [1.54, 1.807) is 0 Å². The van der Waals surface area contributed by atoms with Gasteiger partial charge >= 0.3 is 52.8 Å². The van der Waals surface area contributed by atoms with Gasteiger partial charge in [-0.3, -0.25) is 0 Å². The molecule has 0 bridgehead atoms. The molecule has 0 aliphatic carbocycles. The summed E-state index contributed by atoms with van der Waals surface area (Å²) in [6, 6.07) is 0. The van der Waals surface area contributed by atoms with Gasteiger partial charge in [0.2, 0.25) is 0 Å². The van der Waals surface area contributed by atoms with Gasteiger partial charge in [-0.1, -0.05) is 0 Å². The van der Waals surface area contributed by atoms with Gasteiger partial charge in [0.05, 0.1) is 0 Å². The second-order valence-corrected chi connectivity index (χ2v) is 0.346. The Morgan fingerprint density at radius 2 is 1.00 bits per heavy atom. The first-order chi connectivity index (χ1) is 1.73. The van der Waals surface area contributed by atoms with Crippen molar-refractivity contribution in [2.45, 2.75) is 0 Å². The number of rotatable bonds is 0. The molecule has 0 aromatic carbocycles. The van der Waals surface area contributed by atoms with Crippen LogP contribution in [0.3, 0.4) is 0 Å². The maximum atomic E-state index is 7.17. The van der Waals surface area contributed by atoms with Crippen LogP contribution in [-0.4, -0.2) is 67.9 Å². The first-order valence-corrected chi connectivity index (χ1v) is 0.775. The summed E-state index contributed by atoms with van der Waals surface area (Å²) >= 11 is 0. The zero-order chi connectivity index (χ0) is 3.58. The summed E-state index contributed by atoms with van der Waals surface area (Å²) in [7, 11) is -2.17. The van der Waals surface area contributed by atoms with E-state index in [2.05, 4.69) is 0 Å². The minimum atomic E-state index is -2.17. The molecule has 0 aromatic heterocycles. The fourth-order valence-corrected chi connectivity index (χ4v) is 0. The molecular weight excluding hydrogens is 329 g/mol. The third-order valence-corrected chi connectivity index (χ3v) is 0. The monoisotopic (exact) mass is 339 g/mol. The standard InChI is InChI=1S/BH3O3.Eu.H3P.Sr.2H/c2-1(3)4;;;;;/h2-4H;;1H3;;;. The van der Waals surface area contributed by atoms with Gasteiger partial charge in [-0.05, 0) is 0 Å². The second-order valence-electron chi connectivity index (χ2n) is 0.346. The van der Waals surface area contributed by atoms with E-state index in [1.165, 1.54) is 0 Å². The van der Waals surface area contributed by atoms with Crippen molar-refractivity contribution in [3.63, 3.8) is 0 Å². The number of hydrogen-bond acceptors (Lipinski definition) is 3. The summed E-state index contributed by atoms with van der Waals surface area (Å²) in [4.78, 5) is 0. The van der Waals surface area contributed by atoms with Crippen LogP contribution in [0.25, 0.3) is 0 Å². The van der Waals surface area contributed by atoms with Gasteiger partial charge in [0, 0.05) is 49.4 Å². The third kappa shape index (κ3) is 44.2. The van der Waals surface area contributed by atoms with Crippen molar-refractivity contribution in [1.29, 1.82) is 0 Å². The fourth-order valence-electron chi connectivity index (χ4n) is 0. The van der Waals surface area contributed by atoms with Crippen LogP contribution in [0.2, 0.25) is 0 Å². The Balaban J connectivity index is -0.0000000150. The summed E-state index contributed by atoms with van der Waals surface area (Å²) in [6.45, 7) is 0. The first-order valence-electron chi connectivity index (χ1n) is 0.775. The molecule has 0 rings (SSSR count). The zero-order valence-corrected chi connectivity index (χ0v) is 6.84. The molecule has 1 radical (unpaired) electrons. The SMILES string of the molecule is OB(O)O.P.[Eu].[SrH2]. The Labute approximate surface area is 124 Å². The van der Waals surface area contributed by atoms with Crippen molar-refractivity contribution < 1.29 is 64.4 Å². The molecule has 7 heavy (non-hydrogen) atoms. The van der Waals surface area contributed by atoms with Crippen molar-refractivity contribution in [3.05, 3.63) is 0 Å². The molecule has 3 N–H and O–H groups in total. The van der Waals surface area contributed by atoms with Crippen molar-refractivity contribution in [2.24, 2.45) is 0 Å².